The number of nitrogens with one attached hydrogen (secondary N) is 1. The Balaban J connectivity index is 2.21. The summed E-state index contributed by atoms with van der Waals surface area (Å²) in [6.07, 6.45) is 0.207. The third-order valence-corrected chi connectivity index (χ3v) is 4.34. The highest BCUT2D eigenvalue weighted by atomic mass is 79.9. The van der Waals surface area contributed by atoms with E-state index in [4.69, 9.17) is 16.3 Å². The Kier molecular flexibility index (Phi) is 6.23. The molecule has 0 heterocycles. The Morgan fingerprint density at radius 2 is 2.04 bits per heavy atom. The molecule has 5 nitrogen and oxygen atoms in total. The van der Waals surface area contributed by atoms with E-state index in [9.17, 15) is 14.7 Å². The Hall–Kier alpha value is -2.05. The molecule has 1 amide bonds. The number of phenolic OH excluding ortho intramolecular Hbond substituents is 1. The summed E-state index contributed by atoms with van der Waals surface area (Å²) >= 11 is 9.37. The summed E-state index contributed by atoms with van der Waals surface area (Å²) in [7, 11) is 1.25. The number of aromatic hydroxyl groups is 1. The molecule has 2 aromatic rings. The second kappa shape index (κ2) is 8.17. The first-order valence-corrected chi connectivity index (χ1v) is 8.19. The first kappa shape index (κ1) is 18.3. The third kappa shape index (κ3) is 4.72. The van der Waals surface area contributed by atoms with Crippen LogP contribution in [0, 0.1) is 0 Å². The van der Waals surface area contributed by atoms with Crippen molar-refractivity contribution >= 4 is 39.4 Å². The molecule has 1 atom stereocenters. The van der Waals surface area contributed by atoms with E-state index in [0.29, 0.717) is 5.02 Å². The van der Waals surface area contributed by atoms with Crippen LogP contribution in [0.2, 0.25) is 5.02 Å². The number of halogens is 2. The standard InChI is InChI=1S/C17H15BrClNO4/c1-24-17(23)15(9-11-7-12(19)5-6-14(11)18)20-16(22)10-3-2-4-13(21)8-10/h2-8,15,21H,9H2,1H3,(H,20,22)/t15-/m0/s1. The van der Waals surface area contributed by atoms with Gasteiger partial charge in [0.1, 0.15) is 11.8 Å². The summed E-state index contributed by atoms with van der Waals surface area (Å²) in [5.41, 5.74) is 1.00. The highest BCUT2D eigenvalue weighted by Crippen LogP contribution is 2.23. The SMILES string of the molecule is COC(=O)[C@H](Cc1cc(Cl)ccc1Br)NC(=O)c1cccc(O)c1. The van der Waals surface area contributed by atoms with E-state index < -0.39 is 17.9 Å². The second-order valence-corrected chi connectivity index (χ2v) is 6.33. The van der Waals surface area contributed by atoms with Crippen molar-refractivity contribution < 1.29 is 19.4 Å². The minimum absolute atomic E-state index is 0.0325. The molecule has 7 heteroatoms. The molecule has 0 spiro atoms. The lowest BCUT2D eigenvalue weighted by Gasteiger charge is -2.17. The fourth-order valence-electron chi connectivity index (χ4n) is 2.14. The van der Waals surface area contributed by atoms with Gasteiger partial charge in [-0.1, -0.05) is 33.6 Å². The maximum absolute atomic E-state index is 12.3. The van der Waals surface area contributed by atoms with Gasteiger partial charge in [0.25, 0.3) is 5.91 Å². The number of carbonyl (C=O) groups excluding carboxylic acids is 2. The van der Waals surface area contributed by atoms with Gasteiger partial charge in [0.15, 0.2) is 0 Å². The summed E-state index contributed by atoms with van der Waals surface area (Å²) in [6, 6.07) is 10.2. The van der Waals surface area contributed by atoms with E-state index in [-0.39, 0.29) is 17.7 Å². The molecule has 0 saturated carbocycles. The average molecular weight is 413 g/mol. The van der Waals surface area contributed by atoms with Crippen LogP contribution in [0.3, 0.4) is 0 Å². The first-order valence-electron chi connectivity index (χ1n) is 7.02. The van der Waals surface area contributed by atoms with E-state index in [1.807, 2.05) is 0 Å². The fourth-order valence-corrected chi connectivity index (χ4v) is 2.75. The van der Waals surface area contributed by atoms with Gasteiger partial charge in [0.05, 0.1) is 7.11 Å². The number of benzene rings is 2. The number of methoxy groups -OCH3 is 1. The van der Waals surface area contributed by atoms with Crippen molar-refractivity contribution in [3.63, 3.8) is 0 Å². The van der Waals surface area contributed by atoms with Gasteiger partial charge in [-0.2, -0.15) is 0 Å². The smallest absolute Gasteiger partial charge is 0.328 e. The highest BCUT2D eigenvalue weighted by Gasteiger charge is 2.23. The first-order chi connectivity index (χ1) is 11.4. The van der Waals surface area contributed by atoms with Gasteiger partial charge in [0, 0.05) is 21.5 Å². The quantitative estimate of drug-likeness (QED) is 0.739. The van der Waals surface area contributed by atoms with Crippen molar-refractivity contribution in [2.75, 3.05) is 7.11 Å². The van der Waals surface area contributed by atoms with Gasteiger partial charge >= 0.3 is 5.97 Å². The Morgan fingerprint density at radius 3 is 2.71 bits per heavy atom. The van der Waals surface area contributed by atoms with Crippen LogP contribution in [0.1, 0.15) is 15.9 Å². The molecule has 2 rings (SSSR count). The molecule has 2 aromatic carbocycles. The van der Waals surface area contributed by atoms with Gasteiger partial charge < -0.3 is 15.2 Å². The molecule has 0 unspecified atom stereocenters. The van der Waals surface area contributed by atoms with E-state index >= 15 is 0 Å². The lowest BCUT2D eigenvalue weighted by Crippen LogP contribution is -2.43. The Labute approximate surface area is 152 Å². The summed E-state index contributed by atoms with van der Waals surface area (Å²) in [5, 5.41) is 12.6. The van der Waals surface area contributed by atoms with Crippen LogP contribution in [0.15, 0.2) is 46.9 Å². The average Bonchev–Trinajstić information content (AvgIpc) is 2.56. The lowest BCUT2D eigenvalue weighted by atomic mass is 10.1. The number of hydrogen-bond donors (Lipinski definition) is 2. The molecular formula is C17H15BrClNO4. The van der Waals surface area contributed by atoms with Crippen molar-refractivity contribution in [3.8, 4) is 5.75 Å². The predicted molar refractivity (Wildman–Crippen MR) is 94.2 cm³/mol. The van der Waals surface area contributed by atoms with Crippen molar-refractivity contribution in [1.82, 2.24) is 5.32 Å². The Bertz CT molecular complexity index is 766. The molecule has 0 fully saturated rings. The fraction of sp³-hybridized carbons (Fsp3) is 0.176. The topological polar surface area (TPSA) is 75.6 Å². The van der Waals surface area contributed by atoms with Gasteiger partial charge in [-0.3, -0.25) is 4.79 Å². The molecule has 0 bridgehead atoms. The molecule has 0 aliphatic heterocycles. The molecular weight excluding hydrogens is 398 g/mol. The third-order valence-electron chi connectivity index (χ3n) is 3.33. The molecule has 0 saturated heterocycles. The zero-order chi connectivity index (χ0) is 17.7. The van der Waals surface area contributed by atoms with Crippen LogP contribution in [-0.2, 0) is 16.0 Å². The van der Waals surface area contributed by atoms with Crippen molar-refractivity contribution in [2.45, 2.75) is 12.5 Å². The van der Waals surface area contributed by atoms with Crippen LogP contribution >= 0.6 is 27.5 Å². The molecule has 0 aliphatic carbocycles. The normalized spacial score (nSPS) is 11.6. The van der Waals surface area contributed by atoms with Crippen LogP contribution < -0.4 is 5.32 Å². The van der Waals surface area contributed by atoms with Gasteiger partial charge in [0.2, 0.25) is 0 Å². The molecule has 126 valence electrons. The highest BCUT2D eigenvalue weighted by molar-refractivity contribution is 9.10. The maximum Gasteiger partial charge on any atom is 0.328 e. The maximum atomic E-state index is 12.3. The number of hydrogen-bond acceptors (Lipinski definition) is 4. The summed E-state index contributed by atoms with van der Waals surface area (Å²) < 4.78 is 5.53. The van der Waals surface area contributed by atoms with Crippen LogP contribution in [-0.4, -0.2) is 30.1 Å². The van der Waals surface area contributed by atoms with Crippen LogP contribution in [0.25, 0.3) is 0 Å². The molecule has 24 heavy (non-hydrogen) atoms. The number of amides is 1. The number of ether oxygens (including phenoxy) is 1. The van der Waals surface area contributed by atoms with Gasteiger partial charge in [-0.05, 0) is 42.0 Å². The van der Waals surface area contributed by atoms with Crippen molar-refractivity contribution in [3.05, 3.63) is 63.1 Å². The van der Waals surface area contributed by atoms with Crippen molar-refractivity contribution in [2.24, 2.45) is 0 Å². The molecule has 2 N–H and O–H groups in total. The largest absolute Gasteiger partial charge is 0.508 e. The zero-order valence-electron chi connectivity index (χ0n) is 12.8. The minimum Gasteiger partial charge on any atom is -0.508 e. The van der Waals surface area contributed by atoms with Crippen LogP contribution in [0.4, 0.5) is 0 Å². The second-order valence-electron chi connectivity index (χ2n) is 5.04. The molecule has 0 aliphatic rings. The van der Waals surface area contributed by atoms with E-state index in [2.05, 4.69) is 21.2 Å². The lowest BCUT2D eigenvalue weighted by molar-refractivity contribution is -0.142. The van der Waals surface area contributed by atoms with E-state index in [1.54, 1.807) is 30.3 Å². The minimum atomic E-state index is -0.889. The summed E-state index contributed by atoms with van der Waals surface area (Å²) in [6.45, 7) is 0. The van der Waals surface area contributed by atoms with Gasteiger partial charge in [-0.25, -0.2) is 4.79 Å². The predicted octanol–water partition coefficient (Wildman–Crippen LogP) is 3.32. The zero-order valence-corrected chi connectivity index (χ0v) is 15.1. The van der Waals surface area contributed by atoms with Crippen molar-refractivity contribution in [1.29, 1.82) is 0 Å². The number of rotatable bonds is 5. The molecule has 0 aromatic heterocycles. The summed E-state index contributed by atoms with van der Waals surface area (Å²) in [5.74, 6) is -1.09. The van der Waals surface area contributed by atoms with E-state index in [1.165, 1.54) is 19.2 Å². The van der Waals surface area contributed by atoms with Gasteiger partial charge in [-0.15, -0.1) is 0 Å². The molecule has 0 radical (unpaired) electrons. The monoisotopic (exact) mass is 411 g/mol. The number of phenols is 1. The van der Waals surface area contributed by atoms with E-state index in [0.717, 1.165) is 10.0 Å². The summed E-state index contributed by atoms with van der Waals surface area (Å²) in [4.78, 5) is 24.3. The number of esters is 1. The number of carbonyl (C=O) groups is 2. The van der Waals surface area contributed by atoms with Crippen LogP contribution in [0.5, 0.6) is 5.75 Å². The Morgan fingerprint density at radius 1 is 1.29 bits per heavy atom.